The normalized spacial score (nSPS) is 12.0. The number of aliphatic carboxylic acids is 1. The Hall–Kier alpha value is -1.01. The molecule has 0 amide bonds. The molecule has 1 N–H and O–H groups in total. The Morgan fingerprint density at radius 3 is 2.50 bits per heavy atom. The van der Waals surface area contributed by atoms with E-state index < -0.39 is 12.1 Å². The van der Waals surface area contributed by atoms with Gasteiger partial charge in [0.1, 0.15) is 0 Å². The van der Waals surface area contributed by atoms with Crippen LogP contribution in [0.4, 0.5) is 0 Å². The first kappa shape index (κ1) is 6.99. The molecule has 3 nitrogen and oxygen atoms in total. The summed E-state index contributed by atoms with van der Waals surface area (Å²) in [6.45, 7) is 0. The van der Waals surface area contributed by atoms with Crippen LogP contribution >= 0.6 is 0 Å². The summed E-state index contributed by atoms with van der Waals surface area (Å²) >= 11 is 0. The summed E-state index contributed by atoms with van der Waals surface area (Å²) in [5.74, 6) is 0.487. The predicted octanol–water partition coefficient (Wildman–Crippen LogP) is -0.324. The third-order valence-electron chi connectivity index (χ3n) is 0.591. The Kier molecular flexibility index (Phi) is 2.67. The highest BCUT2D eigenvalue weighted by Gasteiger charge is 2.10. The second-order valence-corrected chi connectivity index (χ2v) is 1.10. The van der Waals surface area contributed by atoms with E-state index >= 15 is 0 Å². The molecule has 3 heteroatoms. The van der Waals surface area contributed by atoms with E-state index in [-0.39, 0.29) is 0 Å². The van der Waals surface area contributed by atoms with Gasteiger partial charge in [0.15, 0.2) is 0 Å². The van der Waals surface area contributed by atoms with Crippen LogP contribution in [0.5, 0.6) is 0 Å². The molecule has 0 aromatic carbocycles. The molecule has 0 aliphatic heterocycles. The van der Waals surface area contributed by atoms with Crippen molar-refractivity contribution in [1.29, 1.82) is 0 Å². The van der Waals surface area contributed by atoms with Crippen molar-refractivity contribution in [1.82, 2.24) is 0 Å². The lowest BCUT2D eigenvalue weighted by Crippen LogP contribution is -2.19. The van der Waals surface area contributed by atoms with Crippen LogP contribution in [-0.2, 0) is 9.53 Å². The van der Waals surface area contributed by atoms with Gasteiger partial charge in [0.25, 0.3) is 0 Å². The summed E-state index contributed by atoms with van der Waals surface area (Å²) in [4.78, 5) is 9.85. The van der Waals surface area contributed by atoms with Gasteiger partial charge in [-0.3, -0.25) is 0 Å². The summed E-state index contributed by atoms with van der Waals surface area (Å²) in [6.07, 6.45) is 5.12. The highest BCUT2D eigenvalue weighted by molar-refractivity contribution is 5.75. The van der Waals surface area contributed by atoms with Gasteiger partial charge in [-0.15, -0.1) is 0 Å². The molecule has 0 fully saturated rings. The van der Waals surface area contributed by atoms with E-state index in [0.29, 0.717) is 0 Å². The molecule has 0 rings (SSSR count). The van der Waals surface area contributed by atoms with Crippen molar-refractivity contribution >= 4 is 5.97 Å². The largest absolute Gasteiger partial charge is 0.479 e. The minimum absolute atomic E-state index is 1.19. The first-order valence-corrected chi connectivity index (χ1v) is 1.90. The van der Waals surface area contributed by atoms with Gasteiger partial charge in [0, 0.05) is 7.11 Å². The number of carboxylic acids is 1. The number of hydrogen-bond acceptors (Lipinski definition) is 2. The van der Waals surface area contributed by atoms with Crippen LogP contribution in [0.1, 0.15) is 0 Å². The number of hydrogen-bond donors (Lipinski definition) is 1. The highest BCUT2D eigenvalue weighted by Crippen LogP contribution is 1.84. The standard InChI is InChI=1S/C5H5O3/c1-3-4(8-2)5(6)7/h4H,2H3,(H,6,7). The summed E-state index contributed by atoms with van der Waals surface area (Å²) in [5, 5.41) is 8.07. The number of carboxylic acid groups (broad SMARTS) is 1. The SMILES string of the molecule is [C]#CC(OC)C(=O)O. The van der Waals surface area contributed by atoms with Crippen LogP contribution < -0.4 is 0 Å². The lowest BCUT2D eigenvalue weighted by Gasteiger charge is -1.98. The third kappa shape index (κ3) is 1.63. The molecular weight excluding hydrogens is 108 g/mol. The van der Waals surface area contributed by atoms with Crippen LogP contribution in [0.3, 0.4) is 0 Å². The van der Waals surface area contributed by atoms with Crippen molar-refractivity contribution in [3.8, 4) is 5.92 Å². The maximum atomic E-state index is 9.85. The van der Waals surface area contributed by atoms with E-state index in [1.54, 1.807) is 5.92 Å². The van der Waals surface area contributed by atoms with Crippen LogP contribution in [0.25, 0.3) is 0 Å². The van der Waals surface area contributed by atoms with Crippen LogP contribution in [0.15, 0.2) is 0 Å². The molecule has 0 heterocycles. The smallest absolute Gasteiger partial charge is 0.345 e. The molecule has 0 aliphatic rings. The van der Waals surface area contributed by atoms with Crippen molar-refractivity contribution in [3.63, 3.8) is 0 Å². The molecule has 43 valence electrons. The average molecular weight is 113 g/mol. The van der Waals surface area contributed by atoms with Crippen molar-refractivity contribution in [2.24, 2.45) is 0 Å². The zero-order valence-electron chi connectivity index (χ0n) is 4.34. The molecule has 1 unspecified atom stereocenters. The molecular formula is C5H5O3. The minimum Gasteiger partial charge on any atom is -0.479 e. The highest BCUT2D eigenvalue weighted by atomic mass is 16.5. The lowest BCUT2D eigenvalue weighted by molar-refractivity contribution is -0.145. The average Bonchev–Trinajstić information content (AvgIpc) is 1.69. The molecule has 0 bridgehead atoms. The number of methoxy groups -OCH3 is 1. The Balaban J connectivity index is 3.76. The first-order valence-electron chi connectivity index (χ1n) is 1.90. The molecule has 0 aromatic heterocycles. The topological polar surface area (TPSA) is 46.5 Å². The van der Waals surface area contributed by atoms with Crippen LogP contribution in [0, 0.1) is 12.3 Å². The third-order valence-corrected chi connectivity index (χ3v) is 0.591. The number of ether oxygens (including phenoxy) is 1. The summed E-state index contributed by atoms with van der Waals surface area (Å²) in [6, 6.07) is 0. The lowest BCUT2D eigenvalue weighted by atomic mass is 10.4. The Morgan fingerprint density at radius 1 is 2.00 bits per heavy atom. The molecule has 0 saturated heterocycles. The summed E-state index contributed by atoms with van der Waals surface area (Å²) in [5.41, 5.74) is 0. The Bertz CT molecular complexity index is 122. The fourth-order valence-electron chi connectivity index (χ4n) is 0.221. The molecule has 8 heavy (non-hydrogen) atoms. The molecule has 0 aliphatic carbocycles. The van der Waals surface area contributed by atoms with E-state index in [0.717, 1.165) is 0 Å². The fraction of sp³-hybridized carbons (Fsp3) is 0.400. The molecule has 0 aromatic rings. The maximum Gasteiger partial charge on any atom is 0.345 e. The molecule has 1 atom stereocenters. The number of rotatable bonds is 2. The molecule has 1 radical (unpaired) electrons. The van der Waals surface area contributed by atoms with Crippen molar-refractivity contribution in [3.05, 3.63) is 6.42 Å². The fourth-order valence-corrected chi connectivity index (χ4v) is 0.221. The van der Waals surface area contributed by atoms with E-state index in [4.69, 9.17) is 11.5 Å². The summed E-state index contributed by atoms with van der Waals surface area (Å²) in [7, 11) is 1.21. The maximum absolute atomic E-state index is 9.85. The van der Waals surface area contributed by atoms with Gasteiger partial charge in [-0.2, -0.15) is 0 Å². The quantitative estimate of drug-likeness (QED) is 0.499. The zero-order chi connectivity index (χ0) is 6.57. The second kappa shape index (κ2) is 3.05. The molecule has 0 saturated carbocycles. The zero-order valence-corrected chi connectivity index (χ0v) is 4.34. The van der Waals surface area contributed by atoms with Gasteiger partial charge < -0.3 is 9.84 Å². The van der Waals surface area contributed by atoms with Crippen molar-refractivity contribution in [2.45, 2.75) is 6.10 Å². The Labute approximate surface area is 47.3 Å². The van der Waals surface area contributed by atoms with E-state index in [9.17, 15) is 4.79 Å². The van der Waals surface area contributed by atoms with Gasteiger partial charge in [-0.1, -0.05) is 0 Å². The van der Waals surface area contributed by atoms with Gasteiger partial charge in [-0.05, 0) is 12.3 Å². The van der Waals surface area contributed by atoms with E-state index in [1.807, 2.05) is 0 Å². The summed E-state index contributed by atoms with van der Waals surface area (Å²) < 4.78 is 4.26. The van der Waals surface area contributed by atoms with Gasteiger partial charge >= 0.3 is 5.97 Å². The predicted molar refractivity (Wildman–Crippen MR) is 25.6 cm³/mol. The van der Waals surface area contributed by atoms with Crippen LogP contribution in [-0.4, -0.2) is 24.3 Å². The number of carbonyl (C=O) groups is 1. The van der Waals surface area contributed by atoms with E-state index in [1.165, 1.54) is 7.11 Å². The van der Waals surface area contributed by atoms with Gasteiger partial charge in [0.05, 0.1) is 0 Å². The van der Waals surface area contributed by atoms with E-state index in [2.05, 4.69) is 4.74 Å². The monoisotopic (exact) mass is 113 g/mol. The Morgan fingerprint density at radius 2 is 2.50 bits per heavy atom. The molecule has 0 spiro atoms. The van der Waals surface area contributed by atoms with Crippen molar-refractivity contribution < 1.29 is 14.6 Å². The van der Waals surface area contributed by atoms with Gasteiger partial charge in [-0.25, -0.2) is 4.79 Å². The van der Waals surface area contributed by atoms with Crippen molar-refractivity contribution in [2.75, 3.05) is 7.11 Å². The minimum atomic E-state index is -1.21. The second-order valence-electron chi connectivity index (χ2n) is 1.10. The first-order chi connectivity index (χ1) is 3.72. The van der Waals surface area contributed by atoms with Gasteiger partial charge in [0.2, 0.25) is 6.10 Å². The van der Waals surface area contributed by atoms with Crippen LogP contribution in [0.2, 0.25) is 0 Å².